The molecule has 0 aromatic heterocycles. The van der Waals surface area contributed by atoms with Gasteiger partial charge in [0.1, 0.15) is 6.29 Å². The lowest BCUT2D eigenvalue weighted by atomic mass is 10.0. The summed E-state index contributed by atoms with van der Waals surface area (Å²) in [4.78, 5) is 10.4. The van der Waals surface area contributed by atoms with Gasteiger partial charge in [0.15, 0.2) is 0 Å². The minimum absolute atomic E-state index is 0.938. The van der Waals surface area contributed by atoms with Gasteiger partial charge >= 0.3 is 0 Å². The number of unbranched alkanes of at least 4 members (excludes halogenated alkanes) is 4. The third-order valence-electron chi connectivity index (χ3n) is 2.51. The molecule has 0 spiro atoms. The molecule has 0 fully saturated rings. The van der Waals surface area contributed by atoms with Crippen LogP contribution in [0, 0.1) is 0 Å². The molecule has 0 saturated heterocycles. The second-order valence-electron chi connectivity index (χ2n) is 3.88. The molecule has 0 N–H and O–H groups in total. The molecule has 0 unspecified atom stereocenters. The highest BCUT2D eigenvalue weighted by Gasteiger charge is 1.97. The summed E-state index contributed by atoms with van der Waals surface area (Å²) in [7, 11) is 0. The van der Waals surface area contributed by atoms with Crippen LogP contribution in [-0.4, -0.2) is 6.29 Å². The summed E-state index contributed by atoms with van der Waals surface area (Å²) < 4.78 is 0. The van der Waals surface area contributed by atoms with E-state index in [-0.39, 0.29) is 0 Å². The number of hydrogen-bond donors (Lipinski definition) is 0. The Morgan fingerprint density at radius 3 is 1.79 bits per heavy atom. The fraction of sp³-hybridized carbons (Fsp3) is 0.769. The average Bonchev–Trinajstić information content (AvgIpc) is 2.18. The van der Waals surface area contributed by atoms with Crippen LogP contribution in [0.25, 0.3) is 0 Å². The largest absolute Gasteiger partial charge is 0.299 e. The number of allylic oxidation sites excluding steroid dienone is 2. The zero-order valence-electron chi connectivity index (χ0n) is 9.72. The molecular weight excluding hydrogens is 172 g/mol. The highest BCUT2D eigenvalue weighted by molar-refractivity contribution is 5.66. The van der Waals surface area contributed by atoms with E-state index in [1.807, 2.05) is 0 Å². The van der Waals surface area contributed by atoms with Crippen LogP contribution in [0.5, 0.6) is 0 Å². The first-order chi connectivity index (χ1) is 6.85. The fourth-order valence-electron chi connectivity index (χ4n) is 1.59. The van der Waals surface area contributed by atoms with Crippen LogP contribution in [0.3, 0.4) is 0 Å². The molecule has 0 aliphatic heterocycles. The second kappa shape index (κ2) is 10.5. The summed E-state index contributed by atoms with van der Waals surface area (Å²) in [6.45, 7) is 4.42. The zero-order valence-corrected chi connectivity index (χ0v) is 9.72. The molecule has 1 nitrogen and oxygen atoms in total. The molecule has 0 amide bonds. The Balaban J connectivity index is 3.67. The van der Waals surface area contributed by atoms with Gasteiger partial charge in [0, 0.05) is 0 Å². The molecule has 0 aromatic carbocycles. The lowest BCUT2D eigenvalue weighted by Crippen LogP contribution is -1.87. The molecule has 0 radical (unpaired) electrons. The van der Waals surface area contributed by atoms with Crippen molar-refractivity contribution in [2.45, 2.75) is 65.2 Å². The van der Waals surface area contributed by atoms with Crippen molar-refractivity contribution in [2.24, 2.45) is 0 Å². The standard InChI is InChI=1S/C13H24O/c1-3-5-7-9-13(11-12-14)10-8-6-4-2/h11-12H,3-10H2,1-2H3. The third-order valence-corrected chi connectivity index (χ3v) is 2.51. The molecule has 0 aliphatic rings. The van der Waals surface area contributed by atoms with Gasteiger partial charge in [-0.25, -0.2) is 0 Å². The summed E-state index contributed by atoms with van der Waals surface area (Å²) in [6.07, 6.45) is 12.5. The van der Waals surface area contributed by atoms with Crippen molar-refractivity contribution in [3.63, 3.8) is 0 Å². The Hall–Kier alpha value is -0.590. The molecule has 0 bridgehead atoms. The molecule has 14 heavy (non-hydrogen) atoms. The minimum atomic E-state index is 0.938. The lowest BCUT2D eigenvalue weighted by molar-refractivity contribution is -0.104. The predicted octanol–water partition coefficient (Wildman–Crippen LogP) is 4.27. The number of aldehydes is 1. The van der Waals surface area contributed by atoms with Crippen LogP contribution in [-0.2, 0) is 4.79 Å². The predicted molar refractivity (Wildman–Crippen MR) is 62.4 cm³/mol. The van der Waals surface area contributed by atoms with Gasteiger partial charge in [-0.15, -0.1) is 0 Å². The van der Waals surface area contributed by atoms with Crippen LogP contribution in [0.2, 0.25) is 0 Å². The van der Waals surface area contributed by atoms with Crippen LogP contribution >= 0.6 is 0 Å². The molecular formula is C13H24O. The van der Waals surface area contributed by atoms with E-state index in [9.17, 15) is 4.79 Å². The molecule has 82 valence electrons. The van der Waals surface area contributed by atoms with Crippen LogP contribution in [0.4, 0.5) is 0 Å². The van der Waals surface area contributed by atoms with Crippen molar-refractivity contribution in [3.05, 3.63) is 11.6 Å². The van der Waals surface area contributed by atoms with E-state index in [2.05, 4.69) is 13.8 Å². The summed E-state index contributed by atoms with van der Waals surface area (Å²) >= 11 is 0. The van der Waals surface area contributed by atoms with Crippen molar-refractivity contribution in [1.82, 2.24) is 0 Å². The third kappa shape index (κ3) is 8.03. The van der Waals surface area contributed by atoms with E-state index >= 15 is 0 Å². The first kappa shape index (κ1) is 13.4. The number of carbonyl (C=O) groups excluding carboxylic acids is 1. The van der Waals surface area contributed by atoms with E-state index in [0.717, 1.165) is 19.1 Å². The topological polar surface area (TPSA) is 17.1 Å². The Morgan fingerprint density at radius 2 is 1.43 bits per heavy atom. The average molecular weight is 196 g/mol. The Labute approximate surface area is 88.6 Å². The van der Waals surface area contributed by atoms with Crippen molar-refractivity contribution in [2.75, 3.05) is 0 Å². The van der Waals surface area contributed by atoms with Crippen LogP contribution < -0.4 is 0 Å². The van der Waals surface area contributed by atoms with Gasteiger partial charge in [0.05, 0.1) is 0 Å². The maximum atomic E-state index is 10.4. The maximum Gasteiger partial charge on any atom is 0.142 e. The van der Waals surface area contributed by atoms with Gasteiger partial charge in [-0.2, -0.15) is 0 Å². The smallest absolute Gasteiger partial charge is 0.142 e. The van der Waals surface area contributed by atoms with Gasteiger partial charge in [-0.3, -0.25) is 4.79 Å². The first-order valence-corrected chi connectivity index (χ1v) is 5.98. The Kier molecular flexibility index (Phi) is 10.0. The molecule has 0 heterocycles. The van der Waals surface area contributed by atoms with Crippen molar-refractivity contribution < 1.29 is 4.79 Å². The number of hydrogen-bond acceptors (Lipinski definition) is 1. The van der Waals surface area contributed by atoms with E-state index in [1.54, 1.807) is 6.08 Å². The molecule has 0 aliphatic carbocycles. The molecule has 0 saturated carbocycles. The lowest BCUT2D eigenvalue weighted by Gasteiger charge is -2.05. The quantitative estimate of drug-likeness (QED) is 0.306. The maximum absolute atomic E-state index is 10.4. The van der Waals surface area contributed by atoms with Crippen LogP contribution in [0.1, 0.15) is 65.2 Å². The van der Waals surface area contributed by atoms with Gasteiger partial charge < -0.3 is 0 Å². The zero-order chi connectivity index (χ0) is 10.6. The molecule has 0 aromatic rings. The number of carbonyl (C=O) groups is 1. The van der Waals surface area contributed by atoms with E-state index in [4.69, 9.17) is 0 Å². The summed E-state index contributed by atoms with van der Waals surface area (Å²) in [5.41, 5.74) is 1.35. The van der Waals surface area contributed by atoms with Crippen molar-refractivity contribution in [1.29, 1.82) is 0 Å². The van der Waals surface area contributed by atoms with Gasteiger partial charge in [0.2, 0.25) is 0 Å². The summed E-state index contributed by atoms with van der Waals surface area (Å²) in [5.74, 6) is 0. The highest BCUT2D eigenvalue weighted by Crippen LogP contribution is 2.15. The van der Waals surface area contributed by atoms with E-state index < -0.39 is 0 Å². The minimum Gasteiger partial charge on any atom is -0.299 e. The highest BCUT2D eigenvalue weighted by atomic mass is 16.1. The Morgan fingerprint density at radius 1 is 0.929 bits per heavy atom. The molecule has 0 rings (SSSR count). The van der Waals surface area contributed by atoms with Gasteiger partial charge in [0.25, 0.3) is 0 Å². The van der Waals surface area contributed by atoms with Gasteiger partial charge in [-0.1, -0.05) is 45.1 Å². The molecule has 1 heteroatoms. The SMILES string of the molecule is CCCCCC(=CC=O)CCCCC. The first-order valence-electron chi connectivity index (χ1n) is 5.98. The van der Waals surface area contributed by atoms with E-state index in [0.29, 0.717) is 0 Å². The molecule has 0 atom stereocenters. The summed E-state index contributed by atoms with van der Waals surface area (Å²) in [5, 5.41) is 0. The fourth-order valence-corrected chi connectivity index (χ4v) is 1.59. The monoisotopic (exact) mass is 196 g/mol. The summed E-state index contributed by atoms with van der Waals surface area (Å²) in [6, 6.07) is 0. The Bertz CT molecular complexity index is 147. The second-order valence-corrected chi connectivity index (χ2v) is 3.88. The van der Waals surface area contributed by atoms with Gasteiger partial charge in [-0.05, 0) is 31.8 Å². The van der Waals surface area contributed by atoms with Crippen molar-refractivity contribution >= 4 is 6.29 Å². The number of rotatable bonds is 9. The van der Waals surface area contributed by atoms with Crippen molar-refractivity contribution in [3.8, 4) is 0 Å². The van der Waals surface area contributed by atoms with E-state index in [1.165, 1.54) is 44.1 Å². The normalized spacial score (nSPS) is 9.86. The van der Waals surface area contributed by atoms with Crippen LogP contribution in [0.15, 0.2) is 11.6 Å².